The molecule has 80 valence electrons. The summed E-state index contributed by atoms with van der Waals surface area (Å²) in [6, 6.07) is 0. The van der Waals surface area contributed by atoms with Crippen molar-refractivity contribution in [3.05, 3.63) is 5.82 Å². The fourth-order valence-electron chi connectivity index (χ4n) is 1.49. The van der Waals surface area contributed by atoms with Gasteiger partial charge in [0, 0.05) is 13.0 Å². The van der Waals surface area contributed by atoms with Crippen LogP contribution in [-0.2, 0) is 13.0 Å². The predicted octanol–water partition coefficient (Wildman–Crippen LogP) is 2.21. The summed E-state index contributed by atoms with van der Waals surface area (Å²) >= 11 is 0. The minimum Gasteiger partial charge on any atom is -0.230 e. The molecule has 0 saturated carbocycles. The van der Waals surface area contributed by atoms with Crippen molar-refractivity contribution in [2.24, 2.45) is 0 Å². The molecule has 0 bridgehead atoms. The summed E-state index contributed by atoms with van der Waals surface area (Å²) in [5.74, 6) is 1.03. The molecule has 0 spiro atoms. The zero-order chi connectivity index (χ0) is 10.2. The van der Waals surface area contributed by atoms with Crippen LogP contribution >= 0.6 is 0 Å². The maximum absolute atomic E-state index is 4.01. The van der Waals surface area contributed by atoms with E-state index in [9.17, 15) is 0 Å². The third-order valence-electron chi connectivity index (χ3n) is 2.30. The van der Waals surface area contributed by atoms with Crippen molar-refractivity contribution in [3.8, 4) is 0 Å². The van der Waals surface area contributed by atoms with E-state index in [-0.39, 0.29) is 0 Å². The topological polar surface area (TPSA) is 43.6 Å². The molecule has 0 amide bonds. The standard InChI is InChI=1S/C10H20N4/c1-3-5-6-7-9-14-10(8-4-2)11-12-13-14/h3-9H2,1-2H3. The number of nitrogens with zero attached hydrogens (tertiary/aromatic N) is 4. The first-order valence-electron chi connectivity index (χ1n) is 5.63. The summed E-state index contributed by atoms with van der Waals surface area (Å²) in [7, 11) is 0. The van der Waals surface area contributed by atoms with E-state index in [1.54, 1.807) is 0 Å². The second-order valence-electron chi connectivity index (χ2n) is 3.63. The van der Waals surface area contributed by atoms with Gasteiger partial charge in [0.25, 0.3) is 0 Å². The highest BCUT2D eigenvalue weighted by Crippen LogP contribution is 2.03. The lowest BCUT2D eigenvalue weighted by atomic mass is 10.2. The molecule has 1 aromatic rings. The van der Waals surface area contributed by atoms with Gasteiger partial charge in [0.1, 0.15) is 0 Å². The Bertz CT molecular complexity index is 244. The first-order valence-corrected chi connectivity index (χ1v) is 5.63. The molecule has 0 aliphatic heterocycles. The maximum Gasteiger partial charge on any atom is 0.151 e. The van der Waals surface area contributed by atoms with Gasteiger partial charge in [-0.05, 0) is 23.3 Å². The maximum atomic E-state index is 4.01. The van der Waals surface area contributed by atoms with Crippen molar-refractivity contribution in [1.29, 1.82) is 0 Å². The summed E-state index contributed by atoms with van der Waals surface area (Å²) in [6.45, 7) is 5.35. The number of rotatable bonds is 7. The molecular formula is C10H20N4. The number of hydrogen-bond acceptors (Lipinski definition) is 3. The summed E-state index contributed by atoms with van der Waals surface area (Å²) in [5, 5.41) is 11.7. The van der Waals surface area contributed by atoms with Crippen LogP contribution in [0.2, 0.25) is 0 Å². The van der Waals surface area contributed by atoms with Crippen LogP contribution in [0.25, 0.3) is 0 Å². The molecule has 0 aliphatic carbocycles. The highest BCUT2D eigenvalue weighted by molar-refractivity contribution is 4.79. The number of hydrogen-bond donors (Lipinski definition) is 0. The van der Waals surface area contributed by atoms with E-state index in [1.807, 2.05) is 4.68 Å². The summed E-state index contributed by atoms with van der Waals surface area (Å²) < 4.78 is 1.94. The van der Waals surface area contributed by atoms with Gasteiger partial charge in [-0.3, -0.25) is 0 Å². The monoisotopic (exact) mass is 196 g/mol. The van der Waals surface area contributed by atoms with Gasteiger partial charge in [0.15, 0.2) is 5.82 Å². The lowest BCUT2D eigenvalue weighted by Crippen LogP contribution is -2.05. The molecule has 1 aromatic heterocycles. The van der Waals surface area contributed by atoms with Crippen LogP contribution in [0.1, 0.15) is 51.8 Å². The average molecular weight is 196 g/mol. The van der Waals surface area contributed by atoms with E-state index in [1.165, 1.54) is 25.7 Å². The summed E-state index contributed by atoms with van der Waals surface area (Å²) in [4.78, 5) is 0. The number of aromatic nitrogens is 4. The lowest BCUT2D eigenvalue weighted by Gasteiger charge is -2.02. The van der Waals surface area contributed by atoms with Crippen molar-refractivity contribution in [3.63, 3.8) is 0 Å². The van der Waals surface area contributed by atoms with Gasteiger partial charge in [0.05, 0.1) is 0 Å². The van der Waals surface area contributed by atoms with Crippen LogP contribution in [-0.4, -0.2) is 20.2 Å². The SMILES string of the molecule is CCCCCCn1nnnc1CCC. The Labute approximate surface area is 85.7 Å². The van der Waals surface area contributed by atoms with Crippen LogP contribution in [0.3, 0.4) is 0 Å². The fourth-order valence-corrected chi connectivity index (χ4v) is 1.49. The molecule has 1 rings (SSSR count). The second kappa shape index (κ2) is 6.51. The smallest absolute Gasteiger partial charge is 0.151 e. The Morgan fingerprint density at radius 1 is 1.07 bits per heavy atom. The molecule has 4 heteroatoms. The Morgan fingerprint density at radius 3 is 2.64 bits per heavy atom. The zero-order valence-electron chi connectivity index (χ0n) is 9.24. The molecule has 14 heavy (non-hydrogen) atoms. The van der Waals surface area contributed by atoms with E-state index < -0.39 is 0 Å². The van der Waals surface area contributed by atoms with Crippen molar-refractivity contribution >= 4 is 0 Å². The summed E-state index contributed by atoms with van der Waals surface area (Å²) in [5.41, 5.74) is 0. The molecule has 0 radical (unpaired) electrons. The fraction of sp³-hybridized carbons (Fsp3) is 0.900. The molecule has 0 aromatic carbocycles. The first kappa shape index (κ1) is 11.1. The largest absolute Gasteiger partial charge is 0.230 e. The van der Waals surface area contributed by atoms with Crippen molar-refractivity contribution in [2.45, 2.75) is 58.9 Å². The van der Waals surface area contributed by atoms with Crippen LogP contribution < -0.4 is 0 Å². The minimum absolute atomic E-state index is 0.975. The highest BCUT2D eigenvalue weighted by Gasteiger charge is 2.03. The normalized spacial score (nSPS) is 10.7. The van der Waals surface area contributed by atoms with E-state index in [0.29, 0.717) is 0 Å². The molecule has 0 saturated heterocycles. The number of aryl methyl sites for hydroxylation is 2. The van der Waals surface area contributed by atoms with Crippen LogP contribution in [0, 0.1) is 0 Å². The van der Waals surface area contributed by atoms with Gasteiger partial charge in [-0.15, -0.1) is 5.10 Å². The van der Waals surface area contributed by atoms with Gasteiger partial charge in [-0.1, -0.05) is 33.1 Å². The molecule has 0 aliphatic rings. The summed E-state index contributed by atoms with van der Waals surface area (Å²) in [6.07, 6.45) is 7.15. The third kappa shape index (κ3) is 3.44. The van der Waals surface area contributed by atoms with E-state index in [4.69, 9.17) is 0 Å². The predicted molar refractivity (Wildman–Crippen MR) is 56.0 cm³/mol. The Balaban J connectivity index is 2.30. The lowest BCUT2D eigenvalue weighted by molar-refractivity contribution is 0.510. The second-order valence-corrected chi connectivity index (χ2v) is 3.63. The Kier molecular flexibility index (Phi) is 5.19. The molecule has 0 N–H and O–H groups in total. The first-order chi connectivity index (χ1) is 6.88. The van der Waals surface area contributed by atoms with Gasteiger partial charge < -0.3 is 0 Å². The minimum atomic E-state index is 0.975. The van der Waals surface area contributed by atoms with Gasteiger partial charge in [-0.25, -0.2) is 4.68 Å². The van der Waals surface area contributed by atoms with Gasteiger partial charge >= 0.3 is 0 Å². The zero-order valence-corrected chi connectivity index (χ0v) is 9.24. The molecule has 4 nitrogen and oxygen atoms in total. The Morgan fingerprint density at radius 2 is 1.93 bits per heavy atom. The van der Waals surface area contributed by atoms with Crippen LogP contribution in [0.15, 0.2) is 0 Å². The van der Waals surface area contributed by atoms with Crippen molar-refractivity contribution < 1.29 is 0 Å². The van der Waals surface area contributed by atoms with Crippen molar-refractivity contribution in [2.75, 3.05) is 0 Å². The van der Waals surface area contributed by atoms with E-state index in [0.717, 1.165) is 25.2 Å². The highest BCUT2D eigenvalue weighted by atomic mass is 15.5. The van der Waals surface area contributed by atoms with Gasteiger partial charge in [0.2, 0.25) is 0 Å². The number of unbranched alkanes of at least 4 members (excludes halogenated alkanes) is 3. The molecule has 0 unspecified atom stereocenters. The van der Waals surface area contributed by atoms with Crippen LogP contribution in [0.5, 0.6) is 0 Å². The Hall–Kier alpha value is -0.930. The molecular weight excluding hydrogens is 176 g/mol. The molecule has 0 atom stereocenters. The van der Waals surface area contributed by atoms with E-state index in [2.05, 4.69) is 29.4 Å². The number of tetrazole rings is 1. The third-order valence-corrected chi connectivity index (χ3v) is 2.30. The average Bonchev–Trinajstić information content (AvgIpc) is 2.61. The van der Waals surface area contributed by atoms with E-state index >= 15 is 0 Å². The van der Waals surface area contributed by atoms with Gasteiger partial charge in [-0.2, -0.15) is 0 Å². The molecule has 0 fully saturated rings. The molecule has 1 heterocycles. The van der Waals surface area contributed by atoms with Crippen LogP contribution in [0.4, 0.5) is 0 Å². The quantitative estimate of drug-likeness (QED) is 0.628. The van der Waals surface area contributed by atoms with Crippen molar-refractivity contribution in [1.82, 2.24) is 20.2 Å².